The van der Waals surface area contributed by atoms with Crippen LogP contribution in [-0.2, 0) is 4.79 Å². The number of ether oxygens (including phenoxy) is 1. The zero-order valence-corrected chi connectivity index (χ0v) is 15.7. The number of aromatic nitrogens is 2. The SMILES string of the molecule is Cc1cc(C)nc(OC2CCCN(C(=O)CCC3CCCCC3)C2)n1. The van der Waals surface area contributed by atoms with Gasteiger partial charge in [0.2, 0.25) is 5.91 Å². The minimum Gasteiger partial charge on any atom is -0.458 e. The Balaban J connectivity index is 1.49. The van der Waals surface area contributed by atoms with Crippen molar-refractivity contribution >= 4 is 5.91 Å². The van der Waals surface area contributed by atoms with E-state index in [4.69, 9.17) is 4.74 Å². The van der Waals surface area contributed by atoms with Gasteiger partial charge in [0.05, 0.1) is 6.54 Å². The Morgan fingerprint density at radius 1 is 1.12 bits per heavy atom. The number of aryl methyl sites for hydroxylation is 2. The highest BCUT2D eigenvalue weighted by Gasteiger charge is 2.26. The van der Waals surface area contributed by atoms with Gasteiger partial charge in [-0.2, -0.15) is 0 Å². The molecule has 1 amide bonds. The van der Waals surface area contributed by atoms with E-state index in [1.165, 1.54) is 32.1 Å². The quantitative estimate of drug-likeness (QED) is 0.814. The number of carbonyl (C=O) groups excluding carboxylic acids is 1. The van der Waals surface area contributed by atoms with E-state index in [1.807, 2.05) is 24.8 Å². The summed E-state index contributed by atoms with van der Waals surface area (Å²) in [6.07, 6.45) is 10.4. The maximum atomic E-state index is 12.6. The van der Waals surface area contributed by atoms with Crippen molar-refractivity contribution in [2.75, 3.05) is 13.1 Å². The number of hydrogen-bond acceptors (Lipinski definition) is 4. The Morgan fingerprint density at radius 3 is 2.56 bits per heavy atom. The van der Waals surface area contributed by atoms with Crippen LogP contribution in [0.2, 0.25) is 0 Å². The highest BCUT2D eigenvalue weighted by molar-refractivity contribution is 5.76. The molecule has 0 radical (unpaired) electrons. The molecule has 0 spiro atoms. The molecule has 1 saturated carbocycles. The number of carbonyl (C=O) groups is 1. The van der Waals surface area contributed by atoms with Crippen LogP contribution in [0.5, 0.6) is 6.01 Å². The molecule has 2 heterocycles. The Kier molecular flexibility index (Phi) is 6.27. The molecule has 1 aliphatic carbocycles. The van der Waals surface area contributed by atoms with Gasteiger partial charge in [-0.15, -0.1) is 0 Å². The molecule has 0 N–H and O–H groups in total. The normalized spacial score (nSPS) is 22.0. The monoisotopic (exact) mass is 345 g/mol. The first-order valence-corrected chi connectivity index (χ1v) is 9.87. The number of hydrogen-bond donors (Lipinski definition) is 0. The van der Waals surface area contributed by atoms with Crippen molar-refractivity contribution < 1.29 is 9.53 Å². The van der Waals surface area contributed by atoms with Crippen molar-refractivity contribution in [1.82, 2.24) is 14.9 Å². The van der Waals surface area contributed by atoms with Crippen molar-refractivity contribution in [3.8, 4) is 6.01 Å². The lowest BCUT2D eigenvalue weighted by Gasteiger charge is -2.33. The molecule has 5 nitrogen and oxygen atoms in total. The number of piperidine rings is 1. The van der Waals surface area contributed by atoms with Gasteiger partial charge in [0, 0.05) is 24.4 Å². The molecule has 138 valence electrons. The number of rotatable bonds is 5. The number of nitrogens with zero attached hydrogens (tertiary/aromatic N) is 3. The molecular weight excluding hydrogens is 314 g/mol. The van der Waals surface area contributed by atoms with E-state index in [-0.39, 0.29) is 6.10 Å². The fourth-order valence-corrected chi connectivity index (χ4v) is 4.12. The summed E-state index contributed by atoms with van der Waals surface area (Å²) in [5, 5.41) is 0. The molecule has 5 heteroatoms. The van der Waals surface area contributed by atoms with Gasteiger partial charge in [-0.05, 0) is 45.1 Å². The first-order valence-electron chi connectivity index (χ1n) is 9.87. The summed E-state index contributed by atoms with van der Waals surface area (Å²) in [6, 6.07) is 2.38. The first-order chi connectivity index (χ1) is 12.1. The van der Waals surface area contributed by atoms with E-state index in [9.17, 15) is 4.79 Å². The van der Waals surface area contributed by atoms with Crippen molar-refractivity contribution in [2.45, 2.75) is 77.7 Å². The fourth-order valence-electron chi connectivity index (χ4n) is 4.12. The minimum atomic E-state index is 0.00794. The Hall–Kier alpha value is -1.65. The van der Waals surface area contributed by atoms with Crippen LogP contribution in [0.25, 0.3) is 0 Å². The lowest BCUT2D eigenvalue weighted by atomic mass is 9.86. The number of likely N-dealkylation sites (tertiary alicyclic amines) is 1. The molecular formula is C20H31N3O2. The molecule has 3 rings (SSSR count). The highest BCUT2D eigenvalue weighted by atomic mass is 16.5. The molecule has 1 atom stereocenters. The lowest BCUT2D eigenvalue weighted by Crippen LogP contribution is -2.44. The summed E-state index contributed by atoms with van der Waals surface area (Å²) in [6.45, 7) is 5.42. The second-order valence-corrected chi connectivity index (χ2v) is 7.70. The van der Waals surface area contributed by atoms with E-state index >= 15 is 0 Å². The molecule has 0 aromatic carbocycles. The maximum Gasteiger partial charge on any atom is 0.317 e. The average molecular weight is 345 g/mol. The fraction of sp³-hybridized carbons (Fsp3) is 0.750. The van der Waals surface area contributed by atoms with E-state index < -0.39 is 0 Å². The molecule has 2 fully saturated rings. The van der Waals surface area contributed by atoms with Gasteiger partial charge in [0.25, 0.3) is 0 Å². The van der Waals surface area contributed by atoms with Gasteiger partial charge in [0.1, 0.15) is 6.10 Å². The zero-order chi connectivity index (χ0) is 17.6. The molecule has 0 bridgehead atoms. The molecule has 25 heavy (non-hydrogen) atoms. The second kappa shape index (κ2) is 8.63. The van der Waals surface area contributed by atoms with Crippen LogP contribution in [-0.4, -0.2) is 40.0 Å². The summed E-state index contributed by atoms with van der Waals surface area (Å²) in [5.74, 6) is 1.05. The van der Waals surface area contributed by atoms with Crippen LogP contribution in [0.1, 0.15) is 69.2 Å². The largest absolute Gasteiger partial charge is 0.458 e. The van der Waals surface area contributed by atoms with E-state index in [2.05, 4.69) is 9.97 Å². The summed E-state index contributed by atoms with van der Waals surface area (Å²) in [5.41, 5.74) is 1.83. The summed E-state index contributed by atoms with van der Waals surface area (Å²) >= 11 is 0. The minimum absolute atomic E-state index is 0.00794. The molecule has 1 aromatic heterocycles. The third kappa shape index (κ3) is 5.41. The summed E-state index contributed by atoms with van der Waals surface area (Å²) < 4.78 is 5.98. The van der Waals surface area contributed by atoms with Gasteiger partial charge >= 0.3 is 6.01 Å². The van der Waals surface area contributed by atoms with Crippen LogP contribution in [0.15, 0.2) is 6.07 Å². The number of amides is 1. The molecule has 2 aliphatic rings. The van der Waals surface area contributed by atoms with E-state index in [1.54, 1.807) is 0 Å². The standard InChI is InChI=1S/C20H31N3O2/c1-15-13-16(2)22-20(21-15)25-18-9-6-12-23(14-18)19(24)11-10-17-7-4-3-5-8-17/h13,17-18H,3-12,14H2,1-2H3. The first kappa shape index (κ1) is 18.2. The molecule has 1 aromatic rings. The van der Waals surface area contributed by atoms with Gasteiger partial charge in [-0.3, -0.25) is 4.79 Å². The average Bonchev–Trinajstić information content (AvgIpc) is 2.60. The Bertz CT molecular complexity index is 564. The van der Waals surface area contributed by atoms with Crippen molar-refractivity contribution in [3.63, 3.8) is 0 Å². The molecule has 1 saturated heterocycles. The van der Waals surface area contributed by atoms with Crippen LogP contribution in [0.4, 0.5) is 0 Å². The van der Waals surface area contributed by atoms with Gasteiger partial charge < -0.3 is 9.64 Å². The van der Waals surface area contributed by atoms with E-state index in [0.717, 1.165) is 43.1 Å². The summed E-state index contributed by atoms with van der Waals surface area (Å²) in [7, 11) is 0. The van der Waals surface area contributed by atoms with Gasteiger partial charge in [-0.1, -0.05) is 32.1 Å². The van der Waals surface area contributed by atoms with Gasteiger partial charge in [0.15, 0.2) is 0 Å². The maximum absolute atomic E-state index is 12.6. The van der Waals surface area contributed by atoms with Crippen LogP contribution < -0.4 is 4.74 Å². The third-order valence-corrected chi connectivity index (χ3v) is 5.46. The Labute approximate surface area is 151 Å². The van der Waals surface area contributed by atoms with Crippen LogP contribution in [0.3, 0.4) is 0 Å². The van der Waals surface area contributed by atoms with Crippen molar-refractivity contribution in [3.05, 3.63) is 17.5 Å². The van der Waals surface area contributed by atoms with Crippen LogP contribution >= 0.6 is 0 Å². The van der Waals surface area contributed by atoms with Crippen molar-refractivity contribution in [2.24, 2.45) is 5.92 Å². The second-order valence-electron chi connectivity index (χ2n) is 7.70. The highest BCUT2D eigenvalue weighted by Crippen LogP contribution is 2.28. The predicted molar refractivity (Wildman–Crippen MR) is 97.5 cm³/mol. The van der Waals surface area contributed by atoms with Crippen LogP contribution in [0, 0.1) is 19.8 Å². The lowest BCUT2D eigenvalue weighted by molar-refractivity contribution is -0.134. The molecule has 1 unspecified atom stereocenters. The Morgan fingerprint density at radius 2 is 1.84 bits per heavy atom. The van der Waals surface area contributed by atoms with Gasteiger partial charge in [-0.25, -0.2) is 9.97 Å². The topological polar surface area (TPSA) is 55.3 Å². The van der Waals surface area contributed by atoms with E-state index in [0.29, 0.717) is 24.9 Å². The predicted octanol–water partition coefficient (Wildman–Crippen LogP) is 3.82. The smallest absolute Gasteiger partial charge is 0.317 e. The summed E-state index contributed by atoms with van der Waals surface area (Å²) in [4.78, 5) is 23.3. The zero-order valence-electron chi connectivity index (χ0n) is 15.7. The van der Waals surface area contributed by atoms with Crippen molar-refractivity contribution in [1.29, 1.82) is 0 Å². The third-order valence-electron chi connectivity index (χ3n) is 5.46. The molecule has 1 aliphatic heterocycles.